The van der Waals surface area contributed by atoms with Crippen molar-refractivity contribution in [1.29, 1.82) is 0 Å². The summed E-state index contributed by atoms with van der Waals surface area (Å²) in [7, 11) is -28.9. The van der Waals surface area contributed by atoms with Gasteiger partial charge in [-0.1, -0.05) is 75.7 Å². The van der Waals surface area contributed by atoms with Crippen molar-refractivity contribution in [3.05, 3.63) is 0 Å². The van der Waals surface area contributed by atoms with E-state index >= 15 is 0 Å². The molecule has 6 fully saturated rings. The van der Waals surface area contributed by atoms with Crippen LogP contribution in [0.5, 0.6) is 0 Å². The van der Waals surface area contributed by atoms with Crippen LogP contribution in [-0.4, -0.2) is 70.4 Å². The smallest absolute Gasteiger partial charge is 0.373 e. The van der Waals surface area contributed by atoms with Crippen molar-refractivity contribution in [2.75, 3.05) is 0 Å². The summed E-state index contributed by atoms with van der Waals surface area (Å²) in [5, 5.41) is 0. The van der Waals surface area contributed by atoms with Crippen molar-refractivity contribution >= 4 is 70.4 Å². The van der Waals surface area contributed by atoms with Gasteiger partial charge in [-0.15, -0.1) is 0 Å². The van der Waals surface area contributed by atoms with Crippen molar-refractivity contribution in [3.63, 3.8) is 0 Å². The highest BCUT2D eigenvalue weighted by Crippen LogP contribution is 2.54. The van der Waals surface area contributed by atoms with Crippen molar-refractivity contribution in [2.45, 2.75) is 124 Å². The highest BCUT2D eigenvalue weighted by molar-refractivity contribution is 7.03. The predicted molar refractivity (Wildman–Crippen MR) is 161 cm³/mol. The van der Waals surface area contributed by atoms with Crippen LogP contribution in [-0.2, 0) is 49.4 Å². The Balaban J connectivity index is 1.86. The largest absolute Gasteiger partial charge is 0.479 e. The van der Waals surface area contributed by atoms with Crippen LogP contribution in [0.4, 0.5) is 0 Å². The lowest BCUT2D eigenvalue weighted by Gasteiger charge is -2.63. The van der Waals surface area contributed by atoms with Gasteiger partial charge < -0.3 is 49.4 Å². The summed E-state index contributed by atoms with van der Waals surface area (Å²) in [6.45, 7) is 20.6. The van der Waals surface area contributed by atoms with E-state index in [2.05, 4.69) is 20.8 Å². The van der Waals surface area contributed by atoms with E-state index < -0.39 is 70.4 Å². The molecule has 232 valence electrons. The Kier molecular flexibility index (Phi) is 8.71. The molecule has 12 nitrogen and oxygen atoms in total. The van der Waals surface area contributed by atoms with Gasteiger partial charge >= 0.3 is 70.4 Å². The monoisotopic (exact) mass is 704 g/mol. The summed E-state index contributed by atoms with van der Waals surface area (Å²) < 4.78 is 86.1. The van der Waals surface area contributed by atoms with E-state index in [0.29, 0.717) is 48.4 Å². The molecule has 8 bridgehead atoms. The van der Waals surface area contributed by atoms with E-state index in [4.69, 9.17) is 49.4 Å². The summed E-state index contributed by atoms with van der Waals surface area (Å²) >= 11 is 0. The van der Waals surface area contributed by atoms with Gasteiger partial charge in [0.1, 0.15) is 0 Å². The summed E-state index contributed by atoms with van der Waals surface area (Å²) in [4.78, 5) is 0. The molecule has 20 heteroatoms. The molecule has 40 heavy (non-hydrogen) atoms. The fourth-order valence-electron chi connectivity index (χ4n) is 5.68. The lowest BCUT2D eigenvalue weighted by Crippen LogP contribution is -2.88. The van der Waals surface area contributed by atoms with Crippen molar-refractivity contribution in [1.82, 2.24) is 0 Å². The number of rotatable bonds is 10. The minimum absolute atomic E-state index is 0.181. The molecule has 0 aromatic rings. The van der Waals surface area contributed by atoms with Crippen molar-refractivity contribution in [3.8, 4) is 0 Å². The van der Waals surface area contributed by atoms with Gasteiger partial charge in [0.05, 0.1) is 0 Å². The molecule has 6 saturated heterocycles. The highest BCUT2D eigenvalue weighted by Gasteiger charge is 2.82. The second-order valence-electron chi connectivity index (χ2n) is 11.9. The molecule has 0 aromatic heterocycles. The molecule has 6 rings (SSSR count). The topological polar surface area (TPSA) is 111 Å². The lowest BCUT2D eigenvalue weighted by atomic mass is 9.93. The highest BCUT2D eigenvalue weighted by atomic mass is 28.6. The summed E-state index contributed by atoms with van der Waals surface area (Å²) in [6.07, 6.45) is 0.889. The molecule has 0 atom stereocenters. The Morgan fingerprint density at radius 3 is 0.650 bits per heavy atom. The van der Waals surface area contributed by atoms with E-state index in [1.807, 2.05) is 48.5 Å². The van der Waals surface area contributed by atoms with Gasteiger partial charge in [-0.05, 0) is 5.41 Å². The van der Waals surface area contributed by atoms with Crippen LogP contribution >= 0.6 is 0 Å². The molecule has 6 aliphatic rings. The van der Waals surface area contributed by atoms with Gasteiger partial charge in [0.15, 0.2) is 0 Å². The first kappa shape index (κ1) is 32.6. The van der Waals surface area contributed by atoms with E-state index in [9.17, 15) is 0 Å². The van der Waals surface area contributed by atoms with Crippen molar-refractivity contribution in [2.24, 2.45) is 5.41 Å². The Morgan fingerprint density at radius 1 is 0.325 bits per heavy atom. The normalized spacial score (nSPS) is 50.2. The molecule has 0 saturated carbocycles. The van der Waals surface area contributed by atoms with Gasteiger partial charge in [-0.2, -0.15) is 0 Å². The van der Waals surface area contributed by atoms with E-state index in [-0.39, 0.29) is 5.41 Å². The van der Waals surface area contributed by atoms with E-state index in [1.165, 1.54) is 0 Å². The van der Waals surface area contributed by atoms with Crippen molar-refractivity contribution < 1.29 is 49.4 Å². The standard InChI is InChI=1S/C20H48O12Si8/c1-11-20(9,10)19-40-30-37(16-6)24-34(13-3)21-33(12-2)22-35(14-4,26-37)28-39(18-8,32-40)29-36(15-5,23-33)27-38(17-7,25-34)31-40/h11-19H2,1-10H3. The number of hydrogen-bond donors (Lipinski definition) is 0. The van der Waals surface area contributed by atoms with Crippen LogP contribution in [0.25, 0.3) is 0 Å². The van der Waals surface area contributed by atoms with Crippen LogP contribution in [0, 0.1) is 5.41 Å². The molecule has 6 heterocycles. The minimum atomic E-state index is -3.71. The van der Waals surface area contributed by atoms with Crippen LogP contribution < -0.4 is 0 Å². The van der Waals surface area contributed by atoms with Gasteiger partial charge in [0.25, 0.3) is 0 Å². The first-order chi connectivity index (χ1) is 18.7. The SMILES string of the molecule is CCC(C)(C)C[Si]12O[Si]3(CC)O[Si]4(CC)O[Si]5(CC)O[Si](CC)(O3)O[Si](CC)(O[Si](CC)(O5)O[Si](CC)(O4)O1)O2. The Hall–Kier alpha value is 1.26. The average Bonchev–Trinajstić information content (AvgIpc) is 2.87. The molecule has 6 aliphatic heterocycles. The molecule has 0 aliphatic carbocycles. The fourth-order valence-corrected chi connectivity index (χ4v) is 55.8. The predicted octanol–water partition coefficient (Wildman–Crippen LogP) is 5.34. The molecule has 0 aromatic carbocycles. The molecule has 0 unspecified atom stereocenters. The van der Waals surface area contributed by atoms with Gasteiger partial charge in [-0.3, -0.25) is 0 Å². The third kappa shape index (κ3) is 5.39. The quantitative estimate of drug-likeness (QED) is 0.274. The maximum atomic E-state index is 7.30. The Morgan fingerprint density at radius 2 is 0.500 bits per heavy atom. The second kappa shape index (κ2) is 10.7. The molecular weight excluding hydrogens is 657 g/mol. The average molecular weight is 705 g/mol. The zero-order chi connectivity index (χ0) is 29.3. The fraction of sp³-hybridized carbons (Fsp3) is 1.00. The van der Waals surface area contributed by atoms with Gasteiger partial charge in [-0.25, -0.2) is 0 Å². The molecule has 0 amide bonds. The van der Waals surface area contributed by atoms with Gasteiger partial charge in [0, 0.05) is 48.4 Å². The van der Waals surface area contributed by atoms with E-state index in [0.717, 1.165) is 6.42 Å². The third-order valence-electron chi connectivity index (χ3n) is 8.42. The first-order valence-corrected chi connectivity index (χ1v) is 30.5. The summed E-state index contributed by atoms with van der Waals surface area (Å²) in [5.41, 5.74) is -0.181. The molecule has 0 spiro atoms. The minimum Gasteiger partial charge on any atom is -0.373 e. The maximum absolute atomic E-state index is 7.30. The van der Waals surface area contributed by atoms with Crippen LogP contribution in [0.15, 0.2) is 0 Å². The van der Waals surface area contributed by atoms with Gasteiger partial charge in [0.2, 0.25) is 0 Å². The van der Waals surface area contributed by atoms with Crippen LogP contribution in [0.3, 0.4) is 0 Å². The summed E-state index contributed by atoms with van der Waals surface area (Å²) in [6, 6.07) is 3.75. The molecule has 0 N–H and O–H groups in total. The first-order valence-electron chi connectivity index (χ1n) is 15.1. The lowest BCUT2D eigenvalue weighted by molar-refractivity contribution is -0.0304. The Bertz CT molecular complexity index is 855. The van der Waals surface area contributed by atoms with Crippen LogP contribution in [0.1, 0.15) is 75.7 Å². The Labute approximate surface area is 248 Å². The van der Waals surface area contributed by atoms with Crippen LogP contribution in [0.2, 0.25) is 48.4 Å². The zero-order valence-corrected chi connectivity index (χ0v) is 33.8. The summed E-state index contributed by atoms with van der Waals surface area (Å²) in [5.74, 6) is 0. The maximum Gasteiger partial charge on any atom is 0.479 e. The molecule has 0 radical (unpaired) electrons. The third-order valence-corrected chi connectivity index (χ3v) is 45.7. The second-order valence-corrected chi connectivity index (χ2v) is 37.9. The molecular formula is C20H48O12Si8. The number of hydrogen-bond acceptors (Lipinski definition) is 12. The van der Waals surface area contributed by atoms with E-state index in [1.54, 1.807) is 0 Å². The zero-order valence-electron chi connectivity index (χ0n) is 25.8.